The minimum absolute atomic E-state index is 0.347. The van der Waals surface area contributed by atoms with E-state index in [1.165, 1.54) is 0 Å². The molecule has 0 spiro atoms. The first-order valence-electron chi connectivity index (χ1n) is 10.3. The summed E-state index contributed by atoms with van der Waals surface area (Å²) in [4.78, 5) is 10.4. The van der Waals surface area contributed by atoms with E-state index >= 15 is 0 Å². The van der Waals surface area contributed by atoms with E-state index in [1.807, 2.05) is 48.7 Å². The third-order valence-electron chi connectivity index (χ3n) is 5.38. The Morgan fingerprint density at radius 1 is 1.13 bits per heavy atom. The number of aromatic nitrogens is 4. The van der Waals surface area contributed by atoms with E-state index < -0.39 is 0 Å². The molecule has 0 saturated carbocycles. The van der Waals surface area contributed by atoms with Gasteiger partial charge in [-0.15, -0.1) is 0 Å². The second-order valence-corrected chi connectivity index (χ2v) is 7.81. The molecule has 1 aliphatic rings. The van der Waals surface area contributed by atoms with E-state index in [1.54, 1.807) is 6.20 Å². The van der Waals surface area contributed by atoms with Crippen LogP contribution in [0, 0.1) is 0 Å². The highest BCUT2D eigenvalue weighted by Gasteiger charge is 2.18. The lowest BCUT2D eigenvalue weighted by molar-refractivity contribution is 0.0787. The Hall–Kier alpha value is -3.16. The molecule has 154 valence electrons. The highest BCUT2D eigenvalue weighted by molar-refractivity contribution is 5.77. The molecule has 2 aromatic carbocycles. The molecule has 1 saturated heterocycles. The first kappa shape index (κ1) is 18.8. The summed E-state index contributed by atoms with van der Waals surface area (Å²) in [7, 11) is 2.11. The van der Waals surface area contributed by atoms with Crippen LogP contribution < -0.4 is 4.74 Å². The summed E-state index contributed by atoms with van der Waals surface area (Å²) in [5, 5.41) is 6.82. The van der Waals surface area contributed by atoms with Crippen LogP contribution in [0.2, 0.25) is 0 Å². The van der Waals surface area contributed by atoms with Crippen LogP contribution in [-0.4, -0.2) is 51.4 Å². The molecule has 0 aliphatic carbocycles. The molecule has 0 radical (unpaired) electrons. The van der Waals surface area contributed by atoms with Gasteiger partial charge in [0.2, 0.25) is 0 Å². The Balaban J connectivity index is 1.25. The van der Waals surface area contributed by atoms with Crippen LogP contribution >= 0.6 is 0 Å². The number of likely N-dealkylation sites (N-methyl/N-ethyl adjacent to an activating group) is 1. The Labute approximate surface area is 175 Å². The summed E-state index contributed by atoms with van der Waals surface area (Å²) in [6.07, 6.45) is 6.33. The van der Waals surface area contributed by atoms with Crippen molar-refractivity contribution in [2.45, 2.75) is 25.5 Å². The number of nitrogens with zero attached hydrogens (tertiary/aromatic N) is 3. The summed E-state index contributed by atoms with van der Waals surface area (Å²) in [5.41, 5.74) is 4.06. The molecule has 0 unspecified atom stereocenters. The minimum Gasteiger partial charge on any atom is -0.457 e. The average Bonchev–Trinajstić information content (AvgIpc) is 3.50. The van der Waals surface area contributed by atoms with Crippen molar-refractivity contribution in [1.82, 2.24) is 25.1 Å². The van der Waals surface area contributed by atoms with Gasteiger partial charge in [0, 0.05) is 31.0 Å². The largest absolute Gasteiger partial charge is 0.457 e. The number of hydrogen-bond acceptors (Lipinski definition) is 5. The molecule has 3 heterocycles. The maximum absolute atomic E-state index is 6.03. The fraction of sp³-hybridized carbons (Fsp3) is 0.304. The Kier molecular flexibility index (Phi) is 5.21. The predicted molar refractivity (Wildman–Crippen MR) is 115 cm³/mol. The number of fused-ring (bicyclic) bond motifs is 1. The summed E-state index contributed by atoms with van der Waals surface area (Å²) < 4.78 is 11.8. The van der Waals surface area contributed by atoms with Crippen molar-refractivity contribution in [2.75, 3.05) is 20.2 Å². The fourth-order valence-electron chi connectivity index (χ4n) is 3.89. The van der Waals surface area contributed by atoms with Gasteiger partial charge in [0.25, 0.3) is 0 Å². The maximum atomic E-state index is 6.03. The standard InChI is InChI=1S/C23H25N5O2/c1-28(14-20-3-2-10-29-20)15-23-26-21-9-8-19(11-22(21)27-23)30-18-6-4-16(5-7-18)17-12-24-25-13-17/h4-9,11-13,20H,2-3,10,14-15H2,1H3,(H,24,25)(H,26,27)/t20-/m1/s1. The second-order valence-electron chi connectivity index (χ2n) is 7.81. The van der Waals surface area contributed by atoms with Crippen LogP contribution in [0.3, 0.4) is 0 Å². The van der Waals surface area contributed by atoms with Crippen LogP contribution in [-0.2, 0) is 11.3 Å². The number of aromatic amines is 2. The van der Waals surface area contributed by atoms with Gasteiger partial charge in [-0.1, -0.05) is 12.1 Å². The first-order chi connectivity index (χ1) is 14.7. The van der Waals surface area contributed by atoms with E-state index in [0.717, 1.165) is 72.0 Å². The number of H-pyrrole nitrogens is 2. The van der Waals surface area contributed by atoms with Crippen LogP contribution in [0.5, 0.6) is 11.5 Å². The molecule has 7 heteroatoms. The molecule has 0 amide bonds. The Morgan fingerprint density at radius 2 is 2.00 bits per heavy atom. The normalized spacial score (nSPS) is 16.5. The predicted octanol–water partition coefficient (Wildman–Crippen LogP) is 4.36. The first-order valence-corrected chi connectivity index (χ1v) is 10.3. The number of ether oxygens (including phenoxy) is 2. The smallest absolute Gasteiger partial charge is 0.129 e. The second kappa shape index (κ2) is 8.30. The Bertz CT molecular complexity index is 1100. The lowest BCUT2D eigenvalue weighted by Gasteiger charge is -2.19. The molecule has 4 aromatic rings. The zero-order valence-corrected chi connectivity index (χ0v) is 17.0. The Morgan fingerprint density at radius 3 is 2.77 bits per heavy atom. The van der Waals surface area contributed by atoms with Gasteiger partial charge >= 0.3 is 0 Å². The molecular weight excluding hydrogens is 378 g/mol. The quantitative estimate of drug-likeness (QED) is 0.479. The van der Waals surface area contributed by atoms with Crippen LogP contribution in [0.15, 0.2) is 54.9 Å². The highest BCUT2D eigenvalue weighted by atomic mass is 16.5. The molecule has 5 rings (SSSR count). The number of imidazole rings is 1. The van der Waals surface area contributed by atoms with Gasteiger partial charge in [-0.3, -0.25) is 10.00 Å². The van der Waals surface area contributed by atoms with Crippen molar-refractivity contribution in [3.63, 3.8) is 0 Å². The van der Waals surface area contributed by atoms with Crippen molar-refractivity contribution >= 4 is 11.0 Å². The molecule has 1 fully saturated rings. The van der Waals surface area contributed by atoms with Crippen molar-refractivity contribution in [3.05, 3.63) is 60.7 Å². The summed E-state index contributed by atoms with van der Waals surface area (Å²) in [5.74, 6) is 2.50. The molecule has 2 aromatic heterocycles. The zero-order chi connectivity index (χ0) is 20.3. The highest BCUT2D eigenvalue weighted by Crippen LogP contribution is 2.27. The van der Waals surface area contributed by atoms with E-state index in [4.69, 9.17) is 14.5 Å². The average molecular weight is 403 g/mol. The molecule has 2 N–H and O–H groups in total. The summed E-state index contributed by atoms with van der Waals surface area (Å²) in [6, 6.07) is 13.9. The van der Waals surface area contributed by atoms with Crippen LogP contribution in [0.25, 0.3) is 22.2 Å². The van der Waals surface area contributed by atoms with Crippen LogP contribution in [0.1, 0.15) is 18.7 Å². The van der Waals surface area contributed by atoms with Gasteiger partial charge in [-0.25, -0.2) is 4.98 Å². The van der Waals surface area contributed by atoms with Crippen molar-refractivity contribution in [3.8, 4) is 22.6 Å². The molecule has 30 heavy (non-hydrogen) atoms. The van der Waals surface area contributed by atoms with Gasteiger partial charge < -0.3 is 14.5 Å². The molecule has 7 nitrogen and oxygen atoms in total. The molecular formula is C23H25N5O2. The zero-order valence-electron chi connectivity index (χ0n) is 17.0. The van der Waals surface area contributed by atoms with Gasteiger partial charge in [0.1, 0.15) is 17.3 Å². The van der Waals surface area contributed by atoms with E-state index in [0.29, 0.717) is 6.10 Å². The van der Waals surface area contributed by atoms with E-state index in [2.05, 4.69) is 27.1 Å². The summed E-state index contributed by atoms with van der Waals surface area (Å²) >= 11 is 0. The third kappa shape index (κ3) is 4.22. The lowest BCUT2D eigenvalue weighted by Crippen LogP contribution is -2.28. The maximum Gasteiger partial charge on any atom is 0.129 e. The molecule has 1 atom stereocenters. The van der Waals surface area contributed by atoms with Gasteiger partial charge in [-0.2, -0.15) is 5.10 Å². The van der Waals surface area contributed by atoms with E-state index in [-0.39, 0.29) is 0 Å². The lowest BCUT2D eigenvalue weighted by atomic mass is 10.1. The number of nitrogens with one attached hydrogen (secondary N) is 2. The van der Waals surface area contributed by atoms with Gasteiger partial charge in [0.15, 0.2) is 0 Å². The monoisotopic (exact) mass is 403 g/mol. The number of benzene rings is 2. The molecule has 1 aliphatic heterocycles. The van der Waals surface area contributed by atoms with Crippen LogP contribution in [0.4, 0.5) is 0 Å². The SMILES string of the molecule is CN(Cc1nc2cc(Oc3ccc(-c4cn[nH]c4)cc3)ccc2[nH]1)C[C@H]1CCCO1. The van der Waals surface area contributed by atoms with Gasteiger partial charge in [-0.05, 0) is 49.7 Å². The fourth-order valence-corrected chi connectivity index (χ4v) is 3.89. The minimum atomic E-state index is 0.347. The number of rotatable bonds is 7. The van der Waals surface area contributed by atoms with Gasteiger partial charge in [0.05, 0.1) is 29.9 Å². The van der Waals surface area contributed by atoms with Crippen molar-refractivity contribution in [2.24, 2.45) is 0 Å². The van der Waals surface area contributed by atoms with Crippen molar-refractivity contribution < 1.29 is 9.47 Å². The number of hydrogen-bond donors (Lipinski definition) is 2. The third-order valence-corrected chi connectivity index (χ3v) is 5.38. The summed E-state index contributed by atoms with van der Waals surface area (Å²) in [6.45, 7) is 2.58. The van der Waals surface area contributed by atoms with E-state index in [9.17, 15) is 0 Å². The molecule has 0 bridgehead atoms. The van der Waals surface area contributed by atoms with Crippen molar-refractivity contribution in [1.29, 1.82) is 0 Å². The topological polar surface area (TPSA) is 79.1 Å².